The number of benzene rings is 2. The maximum atomic E-state index is 14.0. The number of rotatable bonds is 7. The van der Waals surface area contributed by atoms with E-state index >= 15 is 0 Å². The van der Waals surface area contributed by atoms with Crippen molar-refractivity contribution in [3.8, 4) is 11.1 Å². The highest BCUT2D eigenvalue weighted by atomic mass is 32.2. The lowest BCUT2D eigenvalue weighted by molar-refractivity contribution is -0.117. The van der Waals surface area contributed by atoms with Crippen molar-refractivity contribution in [2.75, 3.05) is 17.7 Å². The molecule has 2 aromatic carbocycles. The average Bonchev–Trinajstić information content (AvgIpc) is 3.46. The van der Waals surface area contributed by atoms with Crippen LogP contribution in [-0.4, -0.2) is 27.9 Å². The number of hydrogen-bond donors (Lipinski definition) is 1. The fourth-order valence-electron chi connectivity index (χ4n) is 3.43. The second-order valence-corrected chi connectivity index (χ2v) is 11.4. The molecular formula is C23H23F2N3O2S2. The summed E-state index contributed by atoms with van der Waals surface area (Å²) in [5.41, 5.74) is 1.93. The molecule has 1 fully saturated rings. The van der Waals surface area contributed by atoms with Gasteiger partial charge in [-0.15, -0.1) is 0 Å². The summed E-state index contributed by atoms with van der Waals surface area (Å²) < 4.78 is 49.0. The van der Waals surface area contributed by atoms with E-state index in [1.807, 2.05) is 0 Å². The van der Waals surface area contributed by atoms with Crippen molar-refractivity contribution < 1.29 is 17.8 Å². The minimum atomic E-state index is -2.90. The Morgan fingerprint density at radius 1 is 1.22 bits per heavy atom. The maximum Gasteiger partial charge on any atom is 0.232 e. The maximum absolute atomic E-state index is 14.0. The molecule has 1 unspecified atom stereocenters. The van der Waals surface area contributed by atoms with Gasteiger partial charge in [0.05, 0.1) is 21.8 Å². The van der Waals surface area contributed by atoms with Gasteiger partial charge in [0.25, 0.3) is 0 Å². The molecule has 9 heteroatoms. The first kappa shape index (κ1) is 22.5. The molecule has 1 N–H and O–H groups in total. The van der Waals surface area contributed by atoms with Crippen LogP contribution >= 0.6 is 11.3 Å². The number of thiazole rings is 1. The lowest BCUT2D eigenvalue weighted by atomic mass is 10.0. The quantitative estimate of drug-likeness (QED) is 0.496. The molecule has 0 saturated heterocycles. The number of amides is 1. The van der Waals surface area contributed by atoms with Gasteiger partial charge in [-0.2, -0.15) is 0 Å². The minimum absolute atomic E-state index is 0.0920. The number of aryl methyl sites for hydroxylation is 1. The summed E-state index contributed by atoms with van der Waals surface area (Å²) in [6.45, 7) is 1.72. The lowest BCUT2D eigenvalue weighted by Gasteiger charge is -2.14. The molecule has 4 rings (SSSR count). The van der Waals surface area contributed by atoms with Crippen molar-refractivity contribution in [3.63, 3.8) is 0 Å². The summed E-state index contributed by atoms with van der Waals surface area (Å²) in [5.74, 6) is -0.542. The molecule has 1 aliphatic carbocycles. The average molecular weight is 476 g/mol. The molecule has 1 heterocycles. The molecule has 5 nitrogen and oxygen atoms in total. The van der Waals surface area contributed by atoms with Crippen LogP contribution in [0.15, 0.2) is 46.7 Å². The number of aromatic nitrogens is 1. The third kappa shape index (κ3) is 4.88. The van der Waals surface area contributed by atoms with Crippen molar-refractivity contribution in [1.82, 2.24) is 4.98 Å². The van der Waals surface area contributed by atoms with Crippen LogP contribution in [-0.2, 0) is 20.9 Å². The first-order chi connectivity index (χ1) is 15.1. The Kier molecular flexibility index (Phi) is 6.13. The van der Waals surface area contributed by atoms with Crippen LogP contribution in [0.2, 0.25) is 0 Å². The van der Waals surface area contributed by atoms with Gasteiger partial charge in [-0.3, -0.25) is 9.69 Å². The van der Waals surface area contributed by atoms with Crippen LogP contribution in [0.5, 0.6) is 0 Å². The molecule has 32 heavy (non-hydrogen) atoms. The number of carbonyl (C=O) groups excluding carboxylic acids is 1. The molecule has 0 bridgehead atoms. The van der Waals surface area contributed by atoms with E-state index < -0.39 is 21.4 Å². The van der Waals surface area contributed by atoms with Gasteiger partial charge in [-0.1, -0.05) is 35.6 Å². The van der Waals surface area contributed by atoms with Crippen LogP contribution in [0.25, 0.3) is 11.1 Å². The van der Waals surface area contributed by atoms with Gasteiger partial charge in [-0.25, -0.2) is 22.8 Å². The number of nitrogens with zero attached hydrogens (tertiary/aromatic N) is 2. The molecule has 0 aliphatic heterocycles. The van der Waals surface area contributed by atoms with E-state index in [-0.39, 0.29) is 17.9 Å². The second-order valence-electron chi connectivity index (χ2n) is 8.11. The molecule has 1 aromatic heterocycles. The summed E-state index contributed by atoms with van der Waals surface area (Å²) in [6, 6.07) is 10.0. The molecule has 1 atom stereocenters. The van der Waals surface area contributed by atoms with Crippen LogP contribution in [0.1, 0.15) is 24.1 Å². The summed E-state index contributed by atoms with van der Waals surface area (Å²) in [6.07, 6.45) is 2.13. The zero-order valence-corrected chi connectivity index (χ0v) is 19.4. The standard InChI is InChI=1S/C23H23F2N3O2S2/c1-14-22(32(26,30)13-16-3-4-16)31-23(27-14)28(2)21(29)11-15-5-7-17(8-6-15)19-12-18(24)9-10-20(19)25/h5-10,12,16,26H,3-4,11,13H2,1-2H3. The van der Waals surface area contributed by atoms with E-state index in [2.05, 4.69) is 4.98 Å². The summed E-state index contributed by atoms with van der Waals surface area (Å²) in [4.78, 5) is 18.6. The third-order valence-corrected chi connectivity index (χ3v) is 9.34. The highest BCUT2D eigenvalue weighted by molar-refractivity contribution is 7.94. The van der Waals surface area contributed by atoms with Gasteiger partial charge >= 0.3 is 0 Å². The number of likely N-dealkylation sites (N-methyl/N-ethyl adjacent to an activating group) is 1. The van der Waals surface area contributed by atoms with Crippen LogP contribution < -0.4 is 4.90 Å². The van der Waals surface area contributed by atoms with Crippen LogP contribution in [0, 0.1) is 29.3 Å². The van der Waals surface area contributed by atoms with E-state index in [0.717, 1.165) is 42.4 Å². The molecule has 1 aliphatic rings. The molecule has 3 aromatic rings. The molecule has 168 valence electrons. The zero-order chi connectivity index (χ0) is 23.0. The van der Waals surface area contributed by atoms with Crippen LogP contribution in [0.3, 0.4) is 0 Å². The van der Waals surface area contributed by atoms with E-state index in [9.17, 15) is 17.8 Å². The number of halogens is 2. The van der Waals surface area contributed by atoms with Gasteiger partial charge in [-0.05, 0) is 55.0 Å². The van der Waals surface area contributed by atoms with E-state index in [0.29, 0.717) is 37.8 Å². The van der Waals surface area contributed by atoms with Gasteiger partial charge in [0.1, 0.15) is 15.8 Å². The van der Waals surface area contributed by atoms with Crippen molar-refractivity contribution in [3.05, 3.63) is 65.4 Å². The predicted molar refractivity (Wildman–Crippen MR) is 122 cm³/mol. The Hall–Kier alpha value is -2.65. The Balaban J connectivity index is 1.47. The molecule has 0 spiro atoms. The predicted octanol–water partition coefficient (Wildman–Crippen LogP) is 5.42. The topological polar surface area (TPSA) is 74.1 Å². The van der Waals surface area contributed by atoms with Crippen molar-refractivity contribution in [1.29, 1.82) is 4.78 Å². The Morgan fingerprint density at radius 3 is 2.56 bits per heavy atom. The number of anilines is 1. The van der Waals surface area contributed by atoms with E-state index in [4.69, 9.17) is 4.78 Å². The lowest BCUT2D eigenvalue weighted by Crippen LogP contribution is -2.27. The van der Waals surface area contributed by atoms with Gasteiger partial charge in [0.15, 0.2) is 5.13 Å². The highest BCUT2D eigenvalue weighted by Gasteiger charge is 2.30. The fraction of sp³-hybridized carbons (Fsp3) is 0.304. The second kappa shape index (κ2) is 8.71. The van der Waals surface area contributed by atoms with Gasteiger partial charge in [0.2, 0.25) is 5.91 Å². The van der Waals surface area contributed by atoms with Crippen molar-refractivity contribution >= 4 is 32.1 Å². The van der Waals surface area contributed by atoms with E-state index in [1.165, 1.54) is 4.90 Å². The molecule has 0 radical (unpaired) electrons. The molecule has 1 amide bonds. The third-order valence-electron chi connectivity index (χ3n) is 5.42. The SMILES string of the molecule is Cc1nc(N(C)C(=O)Cc2ccc(-c3cc(F)ccc3F)cc2)sc1S(=N)(=O)CC1CC1. The number of carbonyl (C=O) groups is 1. The first-order valence-corrected chi connectivity index (χ1v) is 12.7. The molecule has 1 saturated carbocycles. The summed E-state index contributed by atoms with van der Waals surface area (Å²) in [7, 11) is -1.30. The zero-order valence-electron chi connectivity index (χ0n) is 17.7. The van der Waals surface area contributed by atoms with Crippen molar-refractivity contribution in [2.24, 2.45) is 5.92 Å². The monoisotopic (exact) mass is 475 g/mol. The van der Waals surface area contributed by atoms with Crippen molar-refractivity contribution in [2.45, 2.75) is 30.4 Å². The fourth-order valence-corrected chi connectivity index (χ4v) is 6.85. The smallest absolute Gasteiger partial charge is 0.232 e. The van der Waals surface area contributed by atoms with Gasteiger partial charge < -0.3 is 0 Å². The van der Waals surface area contributed by atoms with Crippen LogP contribution in [0.4, 0.5) is 13.9 Å². The van der Waals surface area contributed by atoms with E-state index in [1.54, 1.807) is 38.2 Å². The largest absolute Gasteiger partial charge is 0.291 e. The van der Waals surface area contributed by atoms with Gasteiger partial charge in [0, 0.05) is 18.4 Å². The Morgan fingerprint density at radius 2 is 1.91 bits per heavy atom. The highest BCUT2D eigenvalue weighted by Crippen LogP contribution is 2.36. The molecular weight excluding hydrogens is 452 g/mol. The Bertz CT molecular complexity index is 1270. The summed E-state index contributed by atoms with van der Waals surface area (Å²) >= 11 is 1.14. The first-order valence-electron chi connectivity index (χ1n) is 10.2. The summed E-state index contributed by atoms with van der Waals surface area (Å²) in [5, 5.41) is 0.414. The number of hydrogen-bond acceptors (Lipinski definition) is 5. The Labute approximate surface area is 190 Å². The number of nitrogens with one attached hydrogen (secondary N) is 1. The normalized spacial score (nSPS) is 15.4. The minimum Gasteiger partial charge on any atom is -0.291 e.